The molecule has 1 fully saturated rings. The monoisotopic (exact) mass is 330 g/mol. The van der Waals surface area contributed by atoms with E-state index >= 15 is 0 Å². The van der Waals surface area contributed by atoms with E-state index in [0.717, 1.165) is 18.4 Å². The summed E-state index contributed by atoms with van der Waals surface area (Å²) in [7, 11) is 0. The lowest BCUT2D eigenvalue weighted by Crippen LogP contribution is -2.41. The molecule has 24 heavy (non-hydrogen) atoms. The number of hydrogen-bond acceptors (Lipinski definition) is 5. The molecule has 1 aromatic heterocycles. The highest BCUT2D eigenvalue weighted by molar-refractivity contribution is 5.85. The van der Waals surface area contributed by atoms with Crippen molar-refractivity contribution in [2.75, 3.05) is 13.1 Å². The zero-order chi connectivity index (χ0) is 16.9. The molecule has 0 bridgehead atoms. The number of carbonyl (C=O) groups excluding carboxylic acids is 1. The zero-order valence-electron chi connectivity index (χ0n) is 13.0. The summed E-state index contributed by atoms with van der Waals surface area (Å²) in [6, 6.07) is 9.24. The number of nitrogens with zero attached hydrogens (tertiary/aromatic N) is 4. The van der Waals surface area contributed by atoms with Crippen LogP contribution in [0, 0.1) is 0 Å². The van der Waals surface area contributed by atoms with Gasteiger partial charge in [0.1, 0.15) is 6.61 Å². The highest BCUT2D eigenvalue weighted by Gasteiger charge is 2.28. The zero-order valence-corrected chi connectivity index (χ0v) is 13.0. The maximum atomic E-state index is 12.2. The molecule has 2 aromatic rings. The molecule has 1 unspecified atom stereocenters. The van der Waals surface area contributed by atoms with Crippen LogP contribution in [-0.2, 0) is 11.3 Å². The number of aromatic carboxylic acids is 1. The second-order valence-electron chi connectivity index (χ2n) is 5.65. The predicted molar refractivity (Wildman–Crippen MR) is 83.5 cm³/mol. The molecule has 1 atom stereocenters. The number of piperidine rings is 1. The van der Waals surface area contributed by atoms with Gasteiger partial charge in [-0.1, -0.05) is 35.5 Å². The van der Waals surface area contributed by atoms with Gasteiger partial charge in [-0.3, -0.25) is 0 Å². The van der Waals surface area contributed by atoms with Crippen molar-refractivity contribution in [3.05, 3.63) is 47.8 Å². The fraction of sp³-hybridized carbons (Fsp3) is 0.375. The number of carboxylic acids is 1. The summed E-state index contributed by atoms with van der Waals surface area (Å²) >= 11 is 0. The molecule has 1 amide bonds. The van der Waals surface area contributed by atoms with Crippen LogP contribution in [0.4, 0.5) is 4.79 Å². The minimum Gasteiger partial charge on any atom is -0.476 e. The highest BCUT2D eigenvalue weighted by atomic mass is 16.6. The van der Waals surface area contributed by atoms with Gasteiger partial charge in [0.05, 0.1) is 12.2 Å². The van der Waals surface area contributed by atoms with Crippen LogP contribution in [0.5, 0.6) is 0 Å². The molecule has 1 aliphatic rings. The van der Waals surface area contributed by atoms with Gasteiger partial charge in [-0.2, -0.15) is 0 Å². The molecule has 0 aliphatic carbocycles. The van der Waals surface area contributed by atoms with Gasteiger partial charge in [-0.15, -0.1) is 5.10 Å². The van der Waals surface area contributed by atoms with Crippen molar-refractivity contribution >= 4 is 12.1 Å². The Hall–Kier alpha value is -2.90. The lowest BCUT2D eigenvalue weighted by atomic mass is 10.1. The summed E-state index contributed by atoms with van der Waals surface area (Å²) in [6.45, 7) is 1.16. The van der Waals surface area contributed by atoms with Crippen LogP contribution in [-0.4, -0.2) is 50.2 Å². The van der Waals surface area contributed by atoms with E-state index < -0.39 is 12.1 Å². The Labute approximate surface area is 138 Å². The van der Waals surface area contributed by atoms with Crippen molar-refractivity contribution in [1.82, 2.24) is 19.9 Å². The molecule has 1 N–H and O–H groups in total. The number of rotatable bonds is 4. The molecule has 8 heteroatoms. The molecule has 2 heterocycles. The Bertz CT molecular complexity index is 716. The fourth-order valence-corrected chi connectivity index (χ4v) is 2.80. The molecule has 1 saturated heterocycles. The molecule has 0 radical (unpaired) electrons. The van der Waals surface area contributed by atoms with Gasteiger partial charge < -0.3 is 14.7 Å². The first-order valence-corrected chi connectivity index (χ1v) is 7.74. The number of benzene rings is 1. The highest BCUT2D eigenvalue weighted by Crippen LogP contribution is 2.22. The van der Waals surface area contributed by atoms with E-state index in [1.165, 1.54) is 10.9 Å². The van der Waals surface area contributed by atoms with Crippen molar-refractivity contribution in [1.29, 1.82) is 0 Å². The SMILES string of the molecule is O=C(O)c1cnnn1C1CCCN(C(=O)OCc2ccccc2)C1. The topological polar surface area (TPSA) is 97.5 Å². The van der Waals surface area contributed by atoms with Crippen LogP contribution in [0.3, 0.4) is 0 Å². The number of carboxylic acid groups (broad SMARTS) is 1. The number of amides is 1. The van der Waals surface area contributed by atoms with E-state index in [9.17, 15) is 9.59 Å². The number of ether oxygens (including phenoxy) is 1. The molecule has 1 aromatic carbocycles. The van der Waals surface area contributed by atoms with Crippen LogP contribution in [0.15, 0.2) is 36.5 Å². The van der Waals surface area contributed by atoms with E-state index in [2.05, 4.69) is 10.3 Å². The second kappa shape index (κ2) is 7.12. The number of aromatic nitrogens is 3. The number of likely N-dealkylation sites (tertiary alicyclic amines) is 1. The van der Waals surface area contributed by atoms with Crippen LogP contribution in [0.25, 0.3) is 0 Å². The smallest absolute Gasteiger partial charge is 0.410 e. The van der Waals surface area contributed by atoms with Crippen molar-refractivity contribution in [3.63, 3.8) is 0 Å². The standard InChI is InChI=1S/C16H18N4O4/c21-15(22)14-9-17-18-20(14)13-7-4-8-19(10-13)16(23)24-11-12-5-2-1-3-6-12/h1-3,5-6,9,13H,4,7-8,10-11H2,(H,21,22). The van der Waals surface area contributed by atoms with Gasteiger partial charge in [0.15, 0.2) is 5.69 Å². The summed E-state index contributed by atoms with van der Waals surface area (Å²) in [4.78, 5) is 25.0. The average molecular weight is 330 g/mol. The molecule has 126 valence electrons. The number of carbonyl (C=O) groups is 2. The van der Waals surface area contributed by atoms with E-state index in [0.29, 0.717) is 13.1 Å². The molecular formula is C16H18N4O4. The normalized spacial score (nSPS) is 17.5. The Morgan fingerprint density at radius 1 is 1.29 bits per heavy atom. The molecule has 1 aliphatic heterocycles. The van der Waals surface area contributed by atoms with E-state index in [-0.39, 0.29) is 18.3 Å². The second-order valence-corrected chi connectivity index (χ2v) is 5.65. The Balaban J connectivity index is 1.61. The third-order valence-electron chi connectivity index (χ3n) is 4.00. The van der Waals surface area contributed by atoms with Crippen molar-refractivity contribution < 1.29 is 19.4 Å². The van der Waals surface area contributed by atoms with Gasteiger partial charge in [0.2, 0.25) is 0 Å². The lowest BCUT2D eigenvalue weighted by molar-refractivity contribution is 0.0662. The summed E-state index contributed by atoms with van der Waals surface area (Å²) in [6.07, 6.45) is 2.31. The van der Waals surface area contributed by atoms with Crippen molar-refractivity contribution in [3.8, 4) is 0 Å². The first kappa shape index (κ1) is 16.0. The van der Waals surface area contributed by atoms with Crippen molar-refractivity contribution in [2.24, 2.45) is 0 Å². The fourth-order valence-electron chi connectivity index (χ4n) is 2.80. The van der Waals surface area contributed by atoms with Crippen LogP contribution >= 0.6 is 0 Å². The van der Waals surface area contributed by atoms with E-state index in [1.807, 2.05) is 30.3 Å². The minimum absolute atomic E-state index is 0.0273. The van der Waals surface area contributed by atoms with E-state index in [4.69, 9.17) is 9.84 Å². The largest absolute Gasteiger partial charge is 0.476 e. The summed E-state index contributed by atoms with van der Waals surface area (Å²) < 4.78 is 6.71. The Kier molecular flexibility index (Phi) is 4.74. The first-order valence-electron chi connectivity index (χ1n) is 7.74. The molecular weight excluding hydrogens is 312 g/mol. The van der Waals surface area contributed by atoms with Gasteiger partial charge in [-0.05, 0) is 18.4 Å². The van der Waals surface area contributed by atoms with Gasteiger partial charge in [0.25, 0.3) is 0 Å². The quantitative estimate of drug-likeness (QED) is 0.920. The van der Waals surface area contributed by atoms with Crippen LogP contribution < -0.4 is 0 Å². The molecule has 0 saturated carbocycles. The maximum Gasteiger partial charge on any atom is 0.410 e. The summed E-state index contributed by atoms with van der Waals surface area (Å²) in [5, 5.41) is 16.7. The molecule has 0 spiro atoms. The third kappa shape index (κ3) is 3.53. The minimum atomic E-state index is -1.08. The van der Waals surface area contributed by atoms with Gasteiger partial charge in [0, 0.05) is 13.1 Å². The molecule has 8 nitrogen and oxygen atoms in total. The number of hydrogen-bond donors (Lipinski definition) is 1. The Morgan fingerprint density at radius 2 is 2.08 bits per heavy atom. The third-order valence-corrected chi connectivity index (χ3v) is 4.00. The van der Waals surface area contributed by atoms with Crippen molar-refractivity contribution in [2.45, 2.75) is 25.5 Å². The first-order chi connectivity index (χ1) is 11.6. The van der Waals surface area contributed by atoms with E-state index in [1.54, 1.807) is 4.90 Å². The van der Waals surface area contributed by atoms with Gasteiger partial charge in [-0.25, -0.2) is 14.3 Å². The molecule has 3 rings (SSSR count). The maximum absolute atomic E-state index is 12.2. The van der Waals surface area contributed by atoms with Gasteiger partial charge >= 0.3 is 12.1 Å². The lowest BCUT2D eigenvalue weighted by Gasteiger charge is -2.32. The van der Waals surface area contributed by atoms with Crippen LogP contribution in [0.2, 0.25) is 0 Å². The summed E-state index contributed by atoms with van der Waals surface area (Å²) in [5.41, 5.74) is 0.948. The summed E-state index contributed by atoms with van der Waals surface area (Å²) in [5.74, 6) is -1.08. The average Bonchev–Trinajstić information content (AvgIpc) is 3.11. The predicted octanol–water partition coefficient (Wildman–Crippen LogP) is 1.95. The Morgan fingerprint density at radius 3 is 2.83 bits per heavy atom. The van der Waals surface area contributed by atoms with Crippen LogP contribution in [0.1, 0.15) is 34.9 Å².